The van der Waals surface area contributed by atoms with Gasteiger partial charge >= 0.3 is 17.9 Å². The molecule has 1 heterocycles. The second-order valence-electron chi connectivity index (χ2n) is 2.23. The van der Waals surface area contributed by atoms with Gasteiger partial charge in [-0.15, -0.1) is 0 Å². The molecule has 1 rings (SSSR count). The molecule has 0 bridgehead atoms. The molecule has 0 aliphatic rings. The number of phosphoric acid groups is 1. The summed E-state index contributed by atoms with van der Waals surface area (Å²) in [6.07, 6.45) is 3.46. The van der Waals surface area contributed by atoms with E-state index in [1.165, 1.54) is 6.92 Å². The van der Waals surface area contributed by atoms with Gasteiger partial charge in [-0.05, 0) is 13.0 Å². The minimum absolute atomic E-state index is 0.00981. The first-order valence-corrected chi connectivity index (χ1v) is 7.12. The molecular formula is C6H12N3O7PS. The van der Waals surface area contributed by atoms with Crippen LogP contribution < -0.4 is 0 Å². The van der Waals surface area contributed by atoms with E-state index >= 15 is 0 Å². The molecule has 4 N–H and O–H groups in total. The highest BCUT2D eigenvalue weighted by Gasteiger charge is 2.04. The van der Waals surface area contributed by atoms with Gasteiger partial charge in [0.1, 0.15) is 0 Å². The van der Waals surface area contributed by atoms with E-state index in [0.29, 0.717) is 0 Å². The van der Waals surface area contributed by atoms with E-state index in [-0.39, 0.29) is 6.61 Å². The Morgan fingerprint density at radius 3 is 2.11 bits per heavy atom. The van der Waals surface area contributed by atoms with E-state index in [4.69, 9.17) is 24.5 Å². The molecule has 0 aliphatic carbocycles. The van der Waals surface area contributed by atoms with Gasteiger partial charge in [-0.2, -0.15) is 18.8 Å². The highest BCUT2D eigenvalue weighted by Crippen LogP contribution is 2.25. The molecule has 0 amide bonds. The van der Waals surface area contributed by atoms with Gasteiger partial charge in [0, 0.05) is 12.4 Å². The molecule has 0 fully saturated rings. The van der Waals surface area contributed by atoms with Crippen LogP contribution in [0.15, 0.2) is 18.5 Å². The molecule has 1 aromatic rings. The van der Waals surface area contributed by atoms with E-state index < -0.39 is 17.9 Å². The van der Waals surface area contributed by atoms with Crippen molar-refractivity contribution in [1.29, 1.82) is 5.26 Å². The van der Waals surface area contributed by atoms with Gasteiger partial charge in [0.05, 0.1) is 6.61 Å². The zero-order valence-corrected chi connectivity index (χ0v) is 10.9. The third-order valence-corrected chi connectivity index (χ3v) is 1.56. The number of H-pyrrole nitrogens is 1. The Balaban J connectivity index is 0. The van der Waals surface area contributed by atoms with Gasteiger partial charge in [0.15, 0.2) is 0 Å². The first-order chi connectivity index (χ1) is 8.12. The quantitative estimate of drug-likeness (QED) is 0.238. The summed E-state index contributed by atoms with van der Waals surface area (Å²) in [6, 6.07) is 1.83. The van der Waals surface area contributed by atoms with Gasteiger partial charge < -0.3 is 14.7 Å². The number of rotatable bonds is 2. The number of aromatic nitrogens is 2. The second kappa shape index (κ2) is 9.72. The summed E-state index contributed by atoms with van der Waals surface area (Å²) in [6.45, 7) is 1.50. The van der Waals surface area contributed by atoms with Gasteiger partial charge in [-0.1, -0.05) is 0 Å². The first kappa shape index (κ1) is 19.1. The predicted octanol–water partition coefficient (Wildman–Crippen LogP) is -0.685. The largest absolute Gasteiger partial charge is 0.466 e. The molecular weight excluding hydrogens is 289 g/mol. The van der Waals surface area contributed by atoms with Crippen LogP contribution in [-0.4, -0.2) is 39.9 Å². The number of hydrogen-bond donors (Lipinski definition) is 4. The maximum absolute atomic E-state index is 10.0. The van der Waals surface area contributed by atoms with Crippen LogP contribution in [-0.2, 0) is 18.9 Å². The SMILES string of the molecule is CCOS(=O)(=O)C#N.O=P(O)(O)O.c1cn[nH]c1. The van der Waals surface area contributed by atoms with Crippen LogP contribution in [0.1, 0.15) is 6.92 Å². The molecule has 0 atom stereocenters. The van der Waals surface area contributed by atoms with Crippen molar-refractivity contribution in [2.75, 3.05) is 6.61 Å². The molecule has 0 unspecified atom stereocenters. The van der Waals surface area contributed by atoms with Crippen molar-refractivity contribution in [3.05, 3.63) is 18.5 Å². The van der Waals surface area contributed by atoms with E-state index in [1.54, 1.807) is 12.4 Å². The Morgan fingerprint density at radius 2 is 2.00 bits per heavy atom. The third kappa shape index (κ3) is 24.1. The smallest absolute Gasteiger partial charge is 0.303 e. The molecule has 104 valence electrons. The molecule has 0 radical (unpaired) electrons. The Hall–Kier alpha value is -1.28. The van der Waals surface area contributed by atoms with Crippen LogP contribution in [0, 0.1) is 10.7 Å². The van der Waals surface area contributed by atoms with Gasteiger partial charge in [-0.25, -0.2) is 4.57 Å². The van der Waals surface area contributed by atoms with Crippen molar-refractivity contribution in [3.63, 3.8) is 0 Å². The highest BCUT2D eigenvalue weighted by molar-refractivity contribution is 7.91. The molecule has 0 spiro atoms. The fraction of sp³-hybridized carbons (Fsp3) is 0.333. The third-order valence-electron chi connectivity index (χ3n) is 0.791. The Bertz CT molecular complexity index is 448. The van der Waals surface area contributed by atoms with Crippen LogP contribution in [0.5, 0.6) is 0 Å². The standard InChI is InChI=1S/C3H4N2.C3H5NO3S.H3O4P/c1-2-4-5-3-1;1-2-7-8(5,6)3-4;1-5(2,3)4/h1-3H,(H,4,5);2H2,1H3;(H3,1,2,3,4). The van der Waals surface area contributed by atoms with Crippen molar-refractivity contribution in [2.45, 2.75) is 6.92 Å². The maximum atomic E-state index is 10.0. The van der Waals surface area contributed by atoms with Gasteiger partial charge in [-0.3, -0.25) is 9.28 Å². The van der Waals surface area contributed by atoms with E-state index in [9.17, 15) is 8.42 Å². The summed E-state index contributed by atoms with van der Waals surface area (Å²) in [4.78, 5) is 21.6. The van der Waals surface area contributed by atoms with E-state index in [1.807, 2.05) is 6.07 Å². The molecule has 0 saturated heterocycles. The molecule has 10 nitrogen and oxygen atoms in total. The van der Waals surface area contributed by atoms with Crippen molar-refractivity contribution in [2.24, 2.45) is 0 Å². The molecule has 0 saturated carbocycles. The highest BCUT2D eigenvalue weighted by atomic mass is 32.2. The first-order valence-electron chi connectivity index (χ1n) is 4.14. The number of nitriles is 1. The lowest BCUT2D eigenvalue weighted by molar-refractivity contribution is 0.275. The number of thiocyanates is 1. The summed E-state index contributed by atoms with van der Waals surface area (Å²) in [5.41, 5.74) is 0. The molecule has 1 aromatic heterocycles. The van der Waals surface area contributed by atoms with Gasteiger partial charge in [0.2, 0.25) is 5.40 Å². The maximum Gasteiger partial charge on any atom is 0.466 e. The minimum Gasteiger partial charge on any atom is -0.303 e. The van der Waals surface area contributed by atoms with E-state index in [2.05, 4.69) is 14.4 Å². The zero-order chi connectivity index (χ0) is 14.7. The summed E-state index contributed by atoms with van der Waals surface area (Å²) in [5, 5.41) is 15.0. The molecule has 12 heteroatoms. The molecule has 0 aliphatic heterocycles. The van der Waals surface area contributed by atoms with Crippen LogP contribution in [0.3, 0.4) is 0 Å². The molecule has 18 heavy (non-hydrogen) atoms. The lowest BCUT2D eigenvalue weighted by atomic mass is 10.8. The number of nitrogens with zero attached hydrogens (tertiary/aromatic N) is 2. The fourth-order valence-corrected chi connectivity index (χ4v) is 0.760. The van der Waals surface area contributed by atoms with Crippen molar-refractivity contribution in [3.8, 4) is 5.40 Å². The average molecular weight is 301 g/mol. The van der Waals surface area contributed by atoms with Crippen molar-refractivity contribution < 1.29 is 31.8 Å². The Morgan fingerprint density at radius 1 is 1.50 bits per heavy atom. The number of hydrogen-bond acceptors (Lipinski definition) is 6. The number of aromatic amines is 1. The lowest BCUT2D eigenvalue weighted by Crippen LogP contribution is -2.00. The second-order valence-corrected chi connectivity index (χ2v) is 4.58. The van der Waals surface area contributed by atoms with Crippen molar-refractivity contribution in [1.82, 2.24) is 10.2 Å². The van der Waals surface area contributed by atoms with Crippen molar-refractivity contribution >= 4 is 17.9 Å². The average Bonchev–Trinajstić information content (AvgIpc) is 2.72. The summed E-state index contributed by atoms with van der Waals surface area (Å²) >= 11 is 0. The van der Waals surface area contributed by atoms with E-state index in [0.717, 1.165) is 5.40 Å². The van der Waals surface area contributed by atoms with Crippen LogP contribution >= 0.6 is 7.82 Å². The van der Waals surface area contributed by atoms with Crippen LogP contribution in [0.4, 0.5) is 0 Å². The predicted molar refractivity (Wildman–Crippen MR) is 59.0 cm³/mol. The number of nitrogens with one attached hydrogen (secondary N) is 1. The van der Waals surface area contributed by atoms with Crippen LogP contribution in [0.2, 0.25) is 0 Å². The summed E-state index contributed by atoms with van der Waals surface area (Å²) < 4.78 is 32.9. The molecule has 0 aromatic carbocycles. The fourth-order valence-electron chi connectivity index (χ4n) is 0.397. The summed E-state index contributed by atoms with van der Waals surface area (Å²) in [5.74, 6) is 0. The minimum atomic E-state index is -4.64. The summed E-state index contributed by atoms with van der Waals surface area (Å²) in [7, 11) is -8.50. The topological polar surface area (TPSA) is 174 Å². The normalized spacial score (nSPS) is 10.2. The monoisotopic (exact) mass is 301 g/mol. The Labute approximate surface area is 103 Å². The van der Waals surface area contributed by atoms with Crippen LogP contribution in [0.25, 0.3) is 0 Å². The lowest BCUT2D eigenvalue weighted by Gasteiger charge is -1.87. The zero-order valence-electron chi connectivity index (χ0n) is 9.16. The van der Waals surface area contributed by atoms with Gasteiger partial charge in [0.25, 0.3) is 0 Å². The Kier molecular flexibility index (Phi) is 10.3.